The second kappa shape index (κ2) is 12.1. The third-order valence-corrected chi connectivity index (χ3v) is 7.65. The van der Waals surface area contributed by atoms with E-state index in [0.717, 1.165) is 18.4 Å². The maximum Gasteiger partial charge on any atom is 0.240 e. The molecule has 1 aliphatic rings. The molecule has 4 N–H and O–H groups in total. The summed E-state index contributed by atoms with van der Waals surface area (Å²) in [7, 11) is -3.55. The molecular formula is C25H33N3O5S. The maximum absolute atomic E-state index is 12.5. The lowest BCUT2D eigenvalue weighted by molar-refractivity contribution is -0.129. The first-order valence-electron chi connectivity index (χ1n) is 11.6. The van der Waals surface area contributed by atoms with Crippen LogP contribution < -0.4 is 15.4 Å². The number of sulfonamides is 1. The molecule has 8 nitrogen and oxygen atoms in total. The molecule has 2 aromatic carbocycles. The molecule has 2 aromatic rings. The summed E-state index contributed by atoms with van der Waals surface area (Å²) in [5.74, 6) is -0.542. The number of aryl methyl sites for hydroxylation is 1. The van der Waals surface area contributed by atoms with Crippen LogP contribution in [0.25, 0.3) is 0 Å². The molecule has 0 radical (unpaired) electrons. The van der Waals surface area contributed by atoms with E-state index in [1.165, 1.54) is 0 Å². The number of aliphatic hydroxyl groups excluding tert-OH is 1. The summed E-state index contributed by atoms with van der Waals surface area (Å²) >= 11 is 0. The molecule has 0 aliphatic heterocycles. The number of nitrogens with one attached hydrogen (secondary N) is 3. The van der Waals surface area contributed by atoms with Crippen LogP contribution in [0.5, 0.6) is 0 Å². The van der Waals surface area contributed by atoms with Gasteiger partial charge < -0.3 is 15.7 Å². The molecular weight excluding hydrogens is 454 g/mol. The molecule has 0 bridgehead atoms. The fourth-order valence-corrected chi connectivity index (χ4v) is 5.15. The molecule has 1 saturated carbocycles. The van der Waals surface area contributed by atoms with Crippen LogP contribution >= 0.6 is 0 Å². The summed E-state index contributed by atoms with van der Waals surface area (Å²) in [6.07, 6.45) is 1.97. The smallest absolute Gasteiger partial charge is 0.240 e. The van der Waals surface area contributed by atoms with Crippen LogP contribution in [0.1, 0.15) is 42.9 Å². The lowest BCUT2D eigenvalue weighted by Gasteiger charge is -2.27. The van der Waals surface area contributed by atoms with Crippen molar-refractivity contribution in [2.24, 2.45) is 11.8 Å². The number of hydrogen-bond donors (Lipinski definition) is 4. The van der Waals surface area contributed by atoms with E-state index in [0.29, 0.717) is 24.9 Å². The molecule has 1 unspecified atom stereocenters. The maximum atomic E-state index is 12.5. The van der Waals surface area contributed by atoms with Crippen LogP contribution in [0.4, 0.5) is 0 Å². The van der Waals surface area contributed by atoms with Crippen molar-refractivity contribution < 1.29 is 23.1 Å². The summed E-state index contributed by atoms with van der Waals surface area (Å²) in [5, 5.41) is 15.4. The predicted molar refractivity (Wildman–Crippen MR) is 129 cm³/mol. The van der Waals surface area contributed by atoms with Crippen LogP contribution in [0.15, 0.2) is 59.5 Å². The van der Waals surface area contributed by atoms with Gasteiger partial charge in [-0.05, 0) is 56.2 Å². The molecule has 9 heteroatoms. The number of amides is 2. The zero-order valence-electron chi connectivity index (χ0n) is 19.4. The highest BCUT2D eigenvalue weighted by molar-refractivity contribution is 7.89. The first-order chi connectivity index (χ1) is 16.2. The molecule has 2 amide bonds. The molecule has 34 heavy (non-hydrogen) atoms. The van der Waals surface area contributed by atoms with Gasteiger partial charge in [-0.2, -0.15) is 0 Å². The zero-order chi connectivity index (χ0) is 24.6. The predicted octanol–water partition coefficient (Wildman–Crippen LogP) is 2.05. The second-order valence-electron chi connectivity index (χ2n) is 8.83. The standard InChI is InChI=1S/C25H33N3O5S/c1-18-7-13-22(14-8-18)34(32,33)28-15-19-9-11-21(12-10-19)25(31)27-17-24(30)26-16-23(29)20-5-3-2-4-6-20/h2-8,13-14,19,21,23,28-29H,9-12,15-17H2,1H3,(H,26,30)(H,27,31). The van der Waals surface area contributed by atoms with E-state index in [9.17, 15) is 23.1 Å². The Labute approximate surface area is 201 Å². The van der Waals surface area contributed by atoms with Crippen molar-refractivity contribution in [3.05, 3.63) is 65.7 Å². The average molecular weight is 488 g/mol. The number of rotatable bonds is 10. The first kappa shape index (κ1) is 25.9. The quantitative estimate of drug-likeness (QED) is 0.408. The monoisotopic (exact) mass is 487 g/mol. The molecule has 0 saturated heterocycles. The van der Waals surface area contributed by atoms with E-state index in [4.69, 9.17) is 0 Å². The van der Waals surface area contributed by atoms with E-state index in [1.54, 1.807) is 36.4 Å². The summed E-state index contributed by atoms with van der Waals surface area (Å²) in [6.45, 7) is 2.18. The molecule has 0 heterocycles. The van der Waals surface area contributed by atoms with E-state index in [-0.39, 0.29) is 41.6 Å². The highest BCUT2D eigenvalue weighted by atomic mass is 32.2. The van der Waals surface area contributed by atoms with Crippen molar-refractivity contribution in [2.75, 3.05) is 19.6 Å². The highest BCUT2D eigenvalue weighted by Crippen LogP contribution is 2.28. The van der Waals surface area contributed by atoms with Crippen molar-refractivity contribution in [3.8, 4) is 0 Å². The van der Waals surface area contributed by atoms with Crippen LogP contribution in [0.3, 0.4) is 0 Å². The Morgan fingerprint density at radius 3 is 2.26 bits per heavy atom. The average Bonchev–Trinajstić information content (AvgIpc) is 2.85. The largest absolute Gasteiger partial charge is 0.387 e. The molecule has 3 rings (SSSR count). The molecule has 184 valence electrons. The topological polar surface area (TPSA) is 125 Å². The van der Waals surface area contributed by atoms with Gasteiger partial charge in [0.1, 0.15) is 0 Å². The lowest BCUT2D eigenvalue weighted by atomic mass is 9.81. The van der Waals surface area contributed by atoms with Crippen molar-refractivity contribution in [1.82, 2.24) is 15.4 Å². The van der Waals surface area contributed by atoms with Gasteiger partial charge in [0.05, 0.1) is 17.5 Å². The SMILES string of the molecule is Cc1ccc(S(=O)(=O)NCC2CCC(C(=O)NCC(=O)NCC(O)c3ccccc3)CC2)cc1. The third-order valence-electron chi connectivity index (χ3n) is 6.21. The van der Waals surface area contributed by atoms with E-state index >= 15 is 0 Å². The number of carbonyl (C=O) groups excluding carboxylic acids is 2. The Hall–Kier alpha value is -2.75. The highest BCUT2D eigenvalue weighted by Gasteiger charge is 2.27. The van der Waals surface area contributed by atoms with Crippen molar-refractivity contribution in [3.63, 3.8) is 0 Å². The Morgan fingerprint density at radius 2 is 1.62 bits per heavy atom. The second-order valence-corrected chi connectivity index (χ2v) is 10.6. The Morgan fingerprint density at radius 1 is 0.971 bits per heavy atom. The van der Waals surface area contributed by atoms with Gasteiger partial charge in [0, 0.05) is 19.0 Å². The van der Waals surface area contributed by atoms with Crippen LogP contribution in [-0.4, -0.2) is 45.0 Å². The van der Waals surface area contributed by atoms with E-state index < -0.39 is 16.1 Å². The lowest BCUT2D eigenvalue weighted by Crippen LogP contribution is -2.42. The van der Waals surface area contributed by atoms with E-state index in [1.807, 2.05) is 25.1 Å². The Balaban J connectivity index is 1.34. The van der Waals surface area contributed by atoms with Gasteiger partial charge in [0.25, 0.3) is 0 Å². The summed E-state index contributed by atoms with van der Waals surface area (Å²) in [6, 6.07) is 15.8. The number of aliphatic hydroxyl groups is 1. The number of carbonyl (C=O) groups is 2. The van der Waals surface area contributed by atoms with Gasteiger partial charge in [-0.25, -0.2) is 13.1 Å². The van der Waals surface area contributed by atoms with Gasteiger partial charge >= 0.3 is 0 Å². The van der Waals surface area contributed by atoms with Gasteiger partial charge in [-0.15, -0.1) is 0 Å². The fraction of sp³-hybridized carbons (Fsp3) is 0.440. The van der Waals surface area contributed by atoms with Crippen LogP contribution in [0, 0.1) is 18.8 Å². The van der Waals surface area contributed by atoms with Gasteiger partial charge in [0.2, 0.25) is 21.8 Å². The summed E-state index contributed by atoms with van der Waals surface area (Å²) < 4.78 is 27.6. The van der Waals surface area contributed by atoms with Crippen molar-refractivity contribution in [1.29, 1.82) is 0 Å². The minimum atomic E-state index is -3.55. The summed E-state index contributed by atoms with van der Waals surface area (Å²) in [4.78, 5) is 24.7. The molecule has 0 aromatic heterocycles. The Bertz CT molecular complexity index is 1050. The minimum absolute atomic E-state index is 0.0717. The normalized spacial score (nSPS) is 19.2. The van der Waals surface area contributed by atoms with Crippen LogP contribution in [0.2, 0.25) is 0 Å². The zero-order valence-corrected chi connectivity index (χ0v) is 20.2. The Kier molecular flexibility index (Phi) is 9.20. The number of hydrogen-bond acceptors (Lipinski definition) is 5. The van der Waals surface area contributed by atoms with E-state index in [2.05, 4.69) is 15.4 Å². The number of benzene rings is 2. The molecule has 1 atom stereocenters. The van der Waals surface area contributed by atoms with Gasteiger partial charge in [-0.3, -0.25) is 9.59 Å². The first-order valence-corrected chi connectivity index (χ1v) is 13.1. The van der Waals surface area contributed by atoms with Crippen molar-refractivity contribution in [2.45, 2.75) is 43.6 Å². The third kappa shape index (κ3) is 7.65. The minimum Gasteiger partial charge on any atom is -0.387 e. The fourth-order valence-electron chi connectivity index (χ4n) is 4.03. The molecule has 1 fully saturated rings. The molecule has 0 spiro atoms. The van der Waals surface area contributed by atoms with Crippen molar-refractivity contribution >= 4 is 21.8 Å². The molecule has 1 aliphatic carbocycles. The summed E-state index contributed by atoms with van der Waals surface area (Å²) in [5.41, 5.74) is 1.71. The van der Waals surface area contributed by atoms with Gasteiger partial charge in [0.15, 0.2) is 0 Å². The van der Waals surface area contributed by atoms with Gasteiger partial charge in [-0.1, -0.05) is 48.0 Å². The van der Waals surface area contributed by atoms with Crippen LogP contribution in [-0.2, 0) is 19.6 Å².